The summed E-state index contributed by atoms with van der Waals surface area (Å²) in [5.74, 6) is 0.0836. The molecule has 0 spiro atoms. The van der Waals surface area contributed by atoms with Crippen molar-refractivity contribution in [2.75, 3.05) is 20.1 Å². The summed E-state index contributed by atoms with van der Waals surface area (Å²) < 4.78 is 0.905. The topological polar surface area (TPSA) is 36.4 Å². The lowest BCUT2D eigenvalue weighted by Gasteiger charge is -2.33. The third-order valence-electron chi connectivity index (χ3n) is 4.53. The van der Waals surface area contributed by atoms with Gasteiger partial charge in [0.05, 0.1) is 0 Å². The van der Waals surface area contributed by atoms with Crippen LogP contribution in [0.15, 0.2) is 22.8 Å². The molecule has 3 heterocycles. The highest BCUT2D eigenvalue weighted by atomic mass is 79.9. The fraction of sp³-hybridized carbons (Fsp3) is 0.600. The number of likely N-dealkylation sites (tertiary alicyclic amines) is 2. The number of carbonyl (C=O) groups excluding carboxylic acids is 1. The Morgan fingerprint density at radius 3 is 2.65 bits per heavy atom. The molecule has 0 aliphatic carbocycles. The van der Waals surface area contributed by atoms with Gasteiger partial charge in [-0.1, -0.05) is 0 Å². The molecule has 108 valence electrons. The van der Waals surface area contributed by atoms with Crippen LogP contribution in [0.4, 0.5) is 0 Å². The molecule has 0 aromatic carbocycles. The lowest BCUT2D eigenvalue weighted by atomic mass is 10.0. The summed E-state index contributed by atoms with van der Waals surface area (Å²) in [6, 6.07) is 4.57. The van der Waals surface area contributed by atoms with Crippen LogP contribution in [-0.2, 0) is 0 Å². The van der Waals surface area contributed by atoms with Crippen LogP contribution in [0.25, 0.3) is 0 Å². The van der Waals surface area contributed by atoms with Gasteiger partial charge in [0.2, 0.25) is 0 Å². The minimum atomic E-state index is 0.0836. The highest BCUT2D eigenvalue weighted by molar-refractivity contribution is 9.10. The van der Waals surface area contributed by atoms with Crippen molar-refractivity contribution < 1.29 is 4.79 Å². The number of nitrogens with zero attached hydrogens (tertiary/aromatic N) is 3. The first-order chi connectivity index (χ1) is 9.66. The minimum absolute atomic E-state index is 0.0836. The van der Waals surface area contributed by atoms with Gasteiger partial charge in [0.1, 0.15) is 5.69 Å². The van der Waals surface area contributed by atoms with Crippen molar-refractivity contribution in [3.63, 3.8) is 0 Å². The Balaban J connectivity index is 1.78. The van der Waals surface area contributed by atoms with Crippen molar-refractivity contribution in [3.8, 4) is 0 Å². The minimum Gasteiger partial charge on any atom is -0.333 e. The van der Waals surface area contributed by atoms with Gasteiger partial charge in [0.25, 0.3) is 5.91 Å². The SMILES string of the molecule is CN1CCC[C@@H]1[C@H]1CCCN1C(=O)c1ccc(Br)cn1. The average molecular weight is 338 g/mol. The van der Waals surface area contributed by atoms with Gasteiger partial charge in [0.15, 0.2) is 0 Å². The van der Waals surface area contributed by atoms with E-state index in [0.29, 0.717) is 17.8 Å². The summed E-state index contributed by atoms with van der Waals surface area (Å²) >= 11 is 3.36. The van der Waals surface area contributed by atoms with Crippen LogP contribution in [0.3, 0.4) is 0 Å². The summed E-state index contributed by atoms with van der Waals surface area (Å²) in [6.45, 7) is 2.02. The van der Waals surface area contributed by atoms with Crippen molar-refractivity contribution in [2.45, 2.75) is 37.8 Å². The quantitative estimate of drug-likeness (QED) is 0.832. The number of aromatic nitrogens is 1. The van der Waals surface area contributed by atoms with Gasteiger partial charge in [0, 0.05) is 29.3 Å². The predicted molar refractivity (Wildman–Crippen MR) is 81.6 cm³/mol. The Labute approximate surface area is 128 Å². The lowest BCUT2D eigenvalue weighted by Crippen LogP contribution is -2.47. The molecular formula is C15H20BrN3O. The number of carbonyl (C=O) groups is 1. The van der Waals surface area contributed by atoms with Crippen molar-refractivity contribution in [3.05, 3.63) is 28.5 Å². The van der Waals surface area contributed by atoms with E-state index in [0.717, 1.165) is 30.4 Å². The molecule has 0 saturated carbocycles. The predicted octanol–water partition coefficient (Wildman–Crippen LogP) is 2.54. The van der Waals surface area contributed by atoms with Crippen LogP contribution in [0.5, 0.6) is 0 Å². The molecular weight excluding hydrogens is 318 g/mol. The van der Waals surface area contributed by atoms with Crippen molar-refractivity contribution >= 4 is 21.8 Å². The van der Waals surface area contributed by atoms with E-state index in [-0.39, 0.29) is 5.91 Å². The molecule has 1 aromatic heterocycles. The van der Waals surface area contributed by atoms with Crippen LogP contribution < -0.4 is 0 Å². The average Bonchev–Trinajstić information content (AvgIpc) is 3.07. The van der Waals surface area contributed by atoms with Gasteiger partial charge in [-0.3, -0.25) is 4.79 Å². The Hall–Kier alpha value is -0.940. The maximum Gasteiger partial charge on any atom is 0.272 e. The molecule has 2 fully saturated rings. The highest BCUT2D eigenvalue weighted by Gasteiger charge is 2.38. The van der Waals surface area contributed by atoms with Gasteiger partial charge in [-0.25, -0.2) is 4.98 Å². The second-order valence-corrected chi connectivity index (χ2v) is 6.68. The Morgan fingerprint density at radius 1 is 1.25 bits per heavy atom. The van der Waals surface area contributed by atoms with Crippen molar-refractivity contribution in [1.29, 1.82) is 0 Å². The van der Waals surface area contributed by atoms with Crippen LogP contribution in [0.1, 0.15) is 36.2 Å². The van der Waals surface area contributed by atoms with E-state index in [2.05, 4.69) is 32.9 Å². The molecule has 0 N–H and O–H groups in total. The number of rotatable bonds is 2. The molecule has 0 unspecified atom stereocenters. The molecule has 20 heavy (non-hydrogen) atoms. The number of likely N-dealkylation sites (N-methyl/N-ethyl adjacent to an activating group) is 1. The molecule has 4 nitrogen and oxygen atoms in total. The second-order valence-electron chi connectivity index (χ2n) is 5.76. The zero-order chi connectivity index (χ0) is 14.1. The monoisotopic (exact) mass is 337 g/mol. The number of hydrogen-bond donors (Lipinski definition) is 0. The normalized spacial score (nSPS) is 27.2. The summed E-state index contributed by atoms with van der Waals surface area (Å²) in [5.41, 5.74) is 0.556. The number of halogens is 1. The van der Waals surface area contributed by atoms with Crippen LogP contribution >= 0.6 is 15.9 Å². The molecule has 2 saturated heterocycles. The molecule has 2 aliphatic rings. The number of pyridine rings is 1. The van der Waals surface area contributed by atoms with Gasteiger partial charge in [-0.2, -0.15) is 0 Å². The first-order valence-corrected chi connectivity index (χ1v) is 8.09. The molecule has 1 aromatic rings. The van der Waals surface area contributed by atoms with E-state index in [1.54, 1.807) is 12.3 Å². The fourth-order valence-corrected chi connectivity index (χ4v) is 3.75. The third-order valence-corrected chi connectivity index (χ3v) is 5.00. The standard InChI is InChI=1S/C15H20BrN3O/c1-18-8-2-4-13(18)14-5-3-9-19(14)15(20)12-7-6-11(16)10-17-12/h6-7,10,13-14H,2-5,8-9H2,1H3/t13-,14-/m1/s1. The number of amides is 1. The van der Waals surface area contributed by atoms with E-state index in [1.165, 1.54) is 12.8 Å². The Kier molecular flexibility index (Phi) is 4.08. The Bertz CT molecular complexity index is 490. The van der Waals surface area contributed by atoms with E-state index in [4.69, 9.17) is 0 Å². The molecule has 5 heteroatoms. The summed E-state index contributed by atoms with van der Waals surface area (Å²) in [7, 11) is 2.18. The van der Waals surface area contributed by atoms with Gasteiger partial charge in [-0.15, -0.1) is 0 Å². The summed E-state index contributed by atoms with van der Waals surface area (Å²) in [6.07, 6.45) is 6.38. The first-order valence-electron chi connectivity index (χ1n) is 7.29. The van der Waals surface area contributed by atoms with Gasteiger partial charge >= 0.3 is 0 Å². The van der Waals surface area contributed by atoms with Crippen molar-refractivity contribution in [2.24, 2.45) is 0 Å². The number of hydrogen-bond acceptors (Lipinski definition) is 3. The molecule has 2 atom stereocenters. The van der Waals surface area contributed by atoms with Crippen LogP contribution in [0, 0.1) is 0 Å². The van der Waals surface area contributed by atoms with Crippen LogP contribution in [-0.4, -0.2) is 52.9 Å². The summed E-state index contributed by atoms with van der Waals surface area (Å²) in [5, 5.41) is 0. The first kappa shape index (κ1) is 14.0. The largest absolute Gasteiger partial charge is 0.333 e. The van der Waals surface area contributed by atoms with E-state index in [1.807, 2.05) is 11.0 Å². The van der Waals surface area contributed by atoms with Crippen molar-refractivity contribution in [1.82, 2.24) is 14.8 Å². The molecule has 1 amide bonds. The fourth-order valence-electron chi connectivity index (χ4n) is 3.52. The smallest absolute Gasteiger partial charge is 0.272 e. The van der Waals surface area contributed by atoms with Crippen LogP contribution in [0.2, 0.25) is 0 Å². The molecule has 2 aliphatic heterocycles. The van der Waals surface area contributed by atoms with Gasteiger partial charge < -0.3 is 9.80 Å². The second kappa shape index (κ2) is 5.82. The molecule has 3 rings (SSSR count). The maximum absolute atomic E-state index is 12.7. The highest BCUT2D eigenvalue weighted by Crippen LogP contribution is 2.29. The van der Waals surface area contributed by atoms with E-state index >= 15 is 0 Å². The maximum atomic E-state index is 12.7. The lowest BCUT2D eigenvalue weighted by molar-refractivity contribution is 0.0658. The molecule has 0 bridgehead atoms. The van der Waals surface area contributed by atoms with E-state index in [9.17, 15) is 4.79 Å². The third kappa shape index (κ3) is 2.61. The Morgan fingerprint density at radius 2 is 2.00 bits per heavy atom. The zero-order valence-corrected chi connectivity index (χ0v) is 13.3. The van der Waals surface area contributed by atoms with Gasteiger partial charge in [-0.05, 0) is 67.3 Å². The zero-order valence-electron chi connectivity index (χ0n) is 11.8. The molecule has 0 radical (unpaired) electrons. The van der Waals surface area contributed by atoms with E-state index < -0.39 is 0 Å². The summed E-state index contributed by atoms with van der Waals surface area (Å²) in [4.78, 5) is 21.4.